The second-order valence-corrected chi connectivity index (χ2v) is 9.38. The van der Waals surface area contributed by atoms with Crippen molar-refractivity contribution in [3.63, 3.8) is 0 Å². The van der Waals surface area contributed by atoms with Crippen molar-refractivity contribution in [3.8, 4) is 5.69 Å². The number of thiazole rings is 1. The number of carbonyl (C=O) groups is 1. The fourth-order valence-corrected chi connectivity index (χ4v) is 4.57. The van der Waals surface area contributed by atoms with Crippen LogP contribution in [0.3, 0.4) is 0 Å². The van der Waals surface area contributed by atoms with Gasteiger partial charge in [-0.05, 0) is 48.5 Å². The first-order valence-corrected chi connectivity index (χ1v) is 11.8. The molecule has 0 fully saturated rings. The first kappa shape index (κ1) is 21.7. The summed E-state index contributed by atoms with van der Waals surface area (Å²) in [6, 6.07) is 13.4. The number of hydrogen-bond donors (Lipinski definition) is 2. The van der Waals surface area contributed by atoms with Gasteiger partial charge in [-0.15, -0.1) is 11.3 Å². The number of carbonyl (C=O) groups excluding carboxylic acids is 1. The van der Waals surface area contributed by atoms with Gasteiger partial charge < -0.3 is 5.32 Å². The zero-order valence-electron chi connectivity index (χ0n) is 16.1. The Morgan fingerprint density at radius 3 is 2.41 bits per heavy atom. The molecule has 2 N–H and O–H groups in total. The lowest BCUT2D eigenvalue weighted by atomic mass is 10.3. The topological polar surface area (TPSA) is 123 Å². The second-order valence-electron chi connectivity index (χ2n) is 6.37. The van der Waals surface area contributed by atoms with Crippen molar-refractivity contribution in [1.29, 1.82) is 0 Å². The minimum Gasteiger partial charge on any atom is -0.320 e. The predicted molar refractivity (Wildman–Crippen MR) is 122 cm³/mol. The van der Waals surface area contributed by atoms with Gasteiger partial charge >= 0.3 is 0 Å². The van der Waals surface area contributed by atoms with Crippen molar-refractivity contribution in [3.05, 3.63) is 93.3 Å². The molecule has 2 aromatic heterocycles. The van der Waals surface area contributed by atoms with E-state index in [0.29, 0.717) is 16.4 Å². The molecule has 0 unspecified atom stereocenters. The molecule has 0 saturated heterocycles. The molecule has 12 heteroatoms. The highest BCUT2D eigenvalue weighted by molar-refractivity contribution is 7.93. The maximum absolute atomic E-state index is 12.6. The van der Waals surface area contributed by atoms with Gasteiger partial charge in [0.2, 0.25) is 5.43 Å². The summed E-state index contributed by atoms with van der Waals surface area (Å²) < 4.78 is 28.5. The molecule has 0 bridgehead atoms. The highest BCUT2D eigenvalue weighted by Crippen LogP contribution is 2.20. The summed E-state index contributed by atoms with van der Waals surface area (Å²) in [5.41, 5.74) is 0.0428. The second kappa shape index (κ2) is 8.91. The molecule has 0 spiro atoms. The Balaban J connectivity index is 1.52. The highest BCUT2D eigenvalue weighted by atomic mass is 35.5. The Bertz CT molecular complexity index is 1420. The number of hydrogen-bond acceptors (Lipinski definition) is 7. The lowest BCUT2D eigenvalue weighted by Gasteiger charge is -2.09. The van der Waals surface area contributed by atoms with E-state index in [1.54, 1.807) is 29.6 Å². The summed E-state index contributed by atoms with van der Waals surface area (Å²) in [4.78, 5) is 28.7. The number of nitrogens with one attached hydrogen (secondary N) is 2. The van der Waals surface area contributed by atoms with E-state index in [4.69, 9.17) is 11.6 Å². The largest absolute Gasteiger partial charge is 0.320 e. The van der Waals surface area contributed by atoms with E-state index < -0.39 is 21.4 Å². The zero-order valence-corrected chi connectivity index (χ0v) is 18.5. The number of anilines is 2. The van der Waals surface area contributed by atoms with Crippen molar-refractivity contribution >= 4 is 49.7 Å². The molecule has 0 aliphatic carbocycles. The van der Waals surface area contributed by atoms with Crippen LogP contribution in [0.5, 0.6) is 0 Å². The van der Waals surface area contributed by atoms with Gasteiger partial charge in [0.25, 0.3) is 15.9 Å². The molecule has 4 rings (SSSR count). The van der Waals surface area contributed by atoms with Crippen LogP contribution in [0.1, 0.15) is 10.5 Å². The van der Waals surface area contributed by atoms with Crippen LogP contribution in [0.25, 0.3) is 5.69 Å². The van der Waals surface area contributed by atoms with Crippen molar-refractivity contribution < 1.29 is 13.2 Å². The van der Waals surface area contributed by atoms with Gasteiger partial charge in [-0.3, -0.25) is 14.3 Å². The normalized spacial score (nSPS) is 11.2. The molecular weight excluding hydrogens is 474 g/mol. The zero-order chi connectivity index (χ0) is 22.7. The third kappa shape index (κ3) is 4.85. The molecule has 1 amide bonds. The number of rotatable bonds is 6. The smallest absolute Gasteiger partial charge is 0.280 e. The molecule has 2 heterocycles. The molecule has 0 saturated carbocycles. The van der Waals surface area contributed by atoms with Gasteiger partial charge in [-0.1, -0.05) is 11.6 Å². The minimum absolute atomic E-state index is 0.00590. The van der Waals surface area contributed by atoms with Crippen LogP contribution in [0.15, 0.2) is 82.1 Å². The minimum atomic E-state index is -3.82. The Labute approximate surface area is 191 Å². The third-order valence-corrected chi connectivity index (χ3v) is 6.62. The summed E-state index contributed by atoms with van der Waals surface area (Å²) in [5, 5.41) is 9.09. The van der Waals surface area contributed by atoms with E-state index in [-0.39, 0.29) is 15.7 Å². The maximum Gasteiger partial charge on any atom is 0.280 e. The third-order valence-electron chi connectivity index (χ3n) is 4.19. The Morgan fingerprint density at radius 1 is 1.03 bits per heavy atom. The Morgan fingerprint density at radius 2 is 1.75 bits per heavy atom. The van der Waals surface area contributed by atoms with Crippen LogP contribution >= 0.6 is 22.9 Å². The fourth-order valence-electron chi connectivity index (χ4n) is 2.66. The predicted octanol–water partition coefficient (Wildman–Crippen LogP) is 3.40. The van der Waals surface area contributed by atoms with Crippen molar-refractivity contribution in [1.82, 2.24) is 14.8 Å². The van der Waals surface area contributed by atoms with Crippen LogP contribution in [0.4, 0.5) is 10.8 Å². The molecule has 4 aromatic rings. The number of amides is 1. The Hall–Kier alpha value is -3.54. The number of halogens is 1. The number of sulfonamides is 1. The van der Waals surface area contributed by atoms with Crippen molar-refractivity contribution in [2.45, 2.75) is 4.90 Å². The molecule has 162 valence electrons. The maximum atomic E-state index is 12.6. The lowest BCUT2D eigenvalue weighted by molar-refractivity contribution is 0.101. The molecule has 0 aliphatic heterocycles. The number of benzene rings is 2. The summed E-state index contributed by atoms with van der Waals surface area (Å²) in [6.07, 6.45) is 2.93. The van der Waals surface area contributed by atoms with Gasteiger partial charge in [0.15, 0.2) is 10.8 Å². The van der Waals surface area contributed by atoms with Crippen LogP contribution < -0.4 is 15.5 Å². The molecule has 0 radical (unpaired) electrons. The number of aromatic nitrogens is 3. The van der Waals surface area contributed by atoms with E-state index in [9.17, 15) is 18.0 Å². The van der Waals surface area contributed by atoms with E-state index in [1.165, 1.54) is 47.4 Å². The molecule has 0 atom stereocenters. The Kier molecular flexibility index (Phi) is 6.04. The molecular formula is C20H14ClN5O4S2. The summed E-state index contributed by atoms with van der Waals surface area (Å²) in [6.45, 7) is 0. The molecule has 9 nitrogen and oxygen atoms in total. The standard InChI is InChI=1S/C20H14ClN5O4S2/c21-13-1-5-15(6-2-13)26-11-9-17(27)18(24-26)19(28)23-14-3-7-16(8-4-14)32(29,30)25-20-22-10-12-31-20/h1-12H,(H,22,25)(H,23,28). The molecule has 0 aliphatic rings. The first-order valence-electron chi connectivity index (χ1n) is 9.01. The van der Waals surface area contributed by atoms with Crippen LogP contribution in [-0.4, -0.2) is 29.1 Å². The van der Waals surface area contributed by atoms with Crippen molar-refractivity contribution in [2.75, 3.05) is 10.0 Å². The monoisotopic (exact) mass is 487 g/mol. The summed E-state index contributed by atoms with van der Waals surface area (Å²) in [5.74, 6) is -0.727. The summed E-state index contributed by atoms with van der Waals surface area (Å²) >= 11 is 7.03. The molecule has 32 heavy (non-hydrogen) atoms. The lowest BCUT2D eigenvalue weighted by Crippen LogP contribution is -2.25. The van der Waals surface area contributed by atoms with Crippen LogP contribution in [0, 0.1) is 0 Å². The fraction of sp³-hybridized carbons (Fsp3) is 0. The highest BCUT2D eigenvalue weighted by Gasteiger charge is 2.17. The first-order chi connectivity index (χ1) is 15.3. The van der Waals surface area contributed by atoms with Crippen LogP contribution in [-0.2, 0) is 10.0 Å². The summed E-state index contributed by atoms with van der Waals surface area (Å²) in [7, 11) is -3.82. The van der Waals surface area contributed by atoms with Gasteiger partial charge in [0, 0.05) is 34.6 Å². The van der Waals surface area contributed by atoms with Gasteiger partial charge in [0.1, 0.15) is 0 Å². The molecule has 2 aromatic carbocycles. The van der Waals surface area contributed by atoms with Crippen LogP contribution in [0.2, 0.25) is 5.02 Å². The van der Waals surface area contributed by atoms with Gasteiger partial charge in [-0.2, -0.15) is 5.10 Å². The van der Waals surface area contributed by atoms with E-state index in [2.05, 4.69) is 20.1 Å². The van der Waals surface area contributed by atoms with E-state index >= 15 is 0 Å². The van der Waals surface area contributed by atoms with E-state index in [1.807, 2.05) is 0 Å². The quantitative estimate of drug-likeness (QED) is 0.429. The van der Waals surface area contributed by atoms with Gasteiger partial charge in [-0.25, -0.2) is 18.1 Å². The van der Waals surface area contributed by atoms with Crippen molar-refractivity contribution in [2.24, 2.45) is 0 Å². The SMILES string of the molecule is O=C(Nc1ccc(S(=O)(=O)Nc2nccs2)cc1)c1nn(-c2ccc(Cl)cc2)ccc1=O. The van der Waals surface area contributed by atoms with Gasteiger partial charge in [0.05, 0.1) is 10.6 Å². The average molecular weight is 488 g/mol. The number of nitrogens with zero attached hydrogens (tertiary/aromatic N) is 3. The van der Waals surface area contributed by atoms with E-state index in [0.717, 1.165) is 11.3 Å². The average Bonchev–Trinajstić information content (AvgIpc) is 3.27.